The molecule has 1 amide bonds. The fourth-order valence-corrected chi connectivity index (χ4v) is 3.16. The minimum Gasteiger partial charge on any atom is -0.289 e. The standard InChI is InChI=1S/C26H34N2O2/c1-24(2,3)19-12-10-18(11-13-19)23(30)28-27-16-17-14-20(25(4,5)6)22(29)21(15-17)26(7,8)9/h10-16H,1-9H3. The van der Waals surface area contributed by atoms with Gasteiger partial charge >= 0.3 is 0 Å². The number of nitrogens with zero attached hydrogens (tertiary/aromatic N) is 2. The number of hydrogen-bond acceptors (Lipinski definition) is 3. The van der Waals surface area contributed by atoms with Crippen molar-refractivity contribution in [1.29, 1.82) is 0 Å². The molecule has 0 saturated carbocycles. The van der Waals surface area contributed by atoms with Crippen LogP contribution >= 0.6 is 0 Å². The Bertz CT molecular complexity index is 916. The van der Waals surface area contributed by atoms with Crippen molar-refractivity contribution in [1.82, 2.24) is 0 Å². The third-order valence-corrected chi connectivity index (χ3v) is 5.08. The van der Waals surface area contributed by atoms with Crippen LogP contribution in [0.2, 0.25) is 0 Å². The van der Waals surface area contributed by atoms with Gasteiger partial charge in [-0.3, -0.25) is 9.59 Å². The van der Waals surface area contributed by atoms with Crippen molar-refractivity contribution in [3.63, 3.8) is 0 Å². The van der Waals surface area contributed by atoms with Crippen molar-refractivity contribution in [2.24, 2.45) is 21.1 Å². The molecule has 1 aromatic carbocycles. The lowest BCUT2D eigenvalue weighted by Gasteiger charge is -2.31. The van der Waals surface area contributed by atoms with Gasteiger partial charge in [0.25, 0.3) is 5.91 Å². The Hall–Kier alpha value is -2.62. The molecule has 0 saturated heterocycles. The third kappa shape index (κ3) is 5.71. The van der Waals surface area contributed by atoms with Crippen LogP contribution in [0.5, 0.6) is 0 Å². The van der Waals surface area contributed by atoms with Gasteiger partial charge in [0, 0.05) is 16.7 Å². The van der Waals surface area contributed by atoms with Gasteiger partial charge in [0.1, 0.15) is 0 Å². The summed E-state index contributed by atoms with van der Waals surface area (Å²) >= 11 is 0. The van der Waals surface area contributed by atoms with Crippen molar-refractivity contribution >= 4 is 11.7 Å². The van der Waals surface area contributed by atoms with Crippen molar-refractivity contribution < 1.29 is 9.59 Å². The largest absolute Gasteiger partial charge is 0.295 e. The van der Waals surface area contributed by atoms with Gasteiger partial charge in [-0.15, -0.1) is 5.11 Å². The molecule has 30 heavy (non-hydrogen) atoms. The number of benzene rings is 1. The van der Waals surface area contributed by atoms with Crippen molar-refractivity contribution in [3.05, 3.63) is 70.5 Å². The first-order valence-electron chi connectivity index (χ1n) is 10.4. The van der Waals surface area contributed by atoms with E-state index in [1.54, 1.807) is 18.3 Å². The first kappa shape index (κ1) is 23.7. The molecule has 4 nitrogen and oxygen atoms in total. The Morgan fingerprint density at radius 3 is 1.63 bits per heavy atom. The van der Waals surface area contributed by atoms with Gasteiger partial charge in [0.2, 0.25) is 0 Å². The smallest absolute Gasteiger partial charge is 0.289 e. The Labute approximate surface area is 180 Å². The summed E-state index contributed by atoms with van der Waals surface area (Å²) in [5.74, 6) is -0.321. The lowest BCUT2D eigenvalue weighted by molar-refractivity contribution is -0.114. The molecule has 0 N–H and O–H groups in total. The van der Waals surface area contributed by atoms with Gasteiger partial charge in [0.05, 0.1) is 6.20 Å². The molecule has 0 bridgehead atoms. The number of ketones is 1. The van der Waals surface area contributed by atoms with E-state index in [1.807, 2.05) is 65.8 Å². The van der Waals surface area contributed by atoms with Gasteiger partial charge in [0.15, 0.2) is 5.78 Å². The number of rotatable bonds is 2. The highest BCUT2D eigenvalue weighted by molar-refractivity contribution is 6.11. The van der Waals surface area contributed by atoms with E-state index in [0.29, 0.717) is 5.56 Å². The average Bonchev–Trinajstić information content (AvgIpc) is 2.60. The van der Waals surface area contributed by atoms with Crippen LogP contribution in [0.3, 0.4) is 0 Å². The third-order valence-electron chi connectivity index (χ3n) is 5.08. The molecule has 1 aliphatic rings. The van der Waals surface area contributed by atoms with E-state index in [2.05, 4.69) is 31.0 Å². The topological polar surface area (TPSA) is 58.9 Å². The van der Waals surface area contributed by atoms with Crippen molar-refractivity contribution in [3.8, 4) is 0 Å². The summed E-state index contributed by atoms with van der Waals surface area (Å²) in [7, 11) is 0. The van der Waals surface area contributed by atoms with E-state index in [1.165, 1.54) is 0 Å². The summed E-state index contributed by atoms with van der Waals surface area (Å²) in [6.07, 6.45) is 5.24. The van der Waals surface area contributed by atoms with Crippen LogP contribution < -0.4 is 0 Å². The second-order valence-electron chi connectivity index (χ2n) is 10.9. The maximum atomic E-state index is 13.0. The highest BCUT2D eigenvalue weighted by Crippen LogP contribution is 2.38. The zero-order chi connectivity index (χ0) is 22.9. The zero-order valence-electron chi connectivity index (χ0n) is 19.8. The molecule has 0 heterocycles. The summed E-state index contributed by atoms with van der Waals surface area (Å²) in [5.41, 5.74) is 3.35. The molecular formula is C26H34N2O2. The first-order valence-corrected chi connectivity index (χ1v) is 10.4. The Balaban J connectivity index is 2.31. The zero-order valence-corrected chi connectivity index (χ0v) is 19.8. The fraction of sp³-hybridized carbons (Fsp3) is 0.462. The van der Waals surface area contributed by atoms with E-state index >= 15 is 0 Å². The maximum absolute atomic E-state index is 13.0. The summed E-state index contributed by atoms with van der Waals surface area (Å²) < 4.78 is 0. The van der Waals surface area contributed by atoms with Crippen LogP contribution in [0.25, 0.3) is 0 Å². The van der Waals surface area contributed by atoms with Gasteiger partial charge in [-0.1, -0.05) is 74.4 Å². The SMILES string of the molecule is CC(C)(C)C1=CC(=CN=NC(=O)c2ccc(C(C)(C)C)cc2)C=C(C(C)(C)C)C1=O. The normalized spacial score (nSPS) is 15.9. The number of hydrogen-bond donors (Lipinski definition) is 0. The van der Waals surface area contributed by atoms with E-state index in [-0.39, 0.29) is 27.9 Å². The number of azo groups is 1. The van der Waals surface area contributed by atoms with Crippen LogP contribution in [0.15, 0.2) is 69.6 Å². The maximum Gasteiger partial charge on any atom is 0.295 e. The molecule has 160 valence electrons. The summed E-state index contributed by atoms with van der Waals surface area (Å²) in [6, 6.07) is 7.46. The predicted octanol–water partition coefficient (Wildman–Crippen LogP) is 6.99. The van der Waals surface area contributed by atoms with E-state index < -0.39 is 0 Å². The Morgan fingerprint density at radius 2 is 1.23 bits per heavy atom. The van der Waals surface area contributed by atoms with E-state index in [9.17, 15) is 9.59 Å². The molecule has 0 aromatic heterocycles. The highest BCUT2D eigenvalue weighted by atomic mass is 16.1. The van der Waals surface area contributed by atoms with Gasteiger partial charge in [-0.25, -0.2) is 0 Å². The predicted molar refractivity (Wildman–Crippen MR) is 122 cm³/mol. The number of Topliss-reactive ketones (excluding diaryl/α,β-unsaturated/α-hetero) is 1. The molecule has 0 aliphatic heterocycles. The molecule has 0 atom stereocenters. The van der Waals surface area contributed by atoms with Crippen molar-refractivity contribution in [2.75, 3.05) is 0 Å². The number of allylic oxidation sites excluding steroid dienone is 5. The van der Waals surface area contributed by atoms with E-state index in [0.717, 1.165) is 22.3 Å². The molecule has 1 aliphatic carbocycles. The lowest BCUT2D eigenvalue weighted by atomic mass is 9.72. The first-order chi connectivity index (χ1) is 13.6. The monoisotopic (exact) mass is 406 g/mol. The van der Waals surface area contributed by atoms with Gasteiger partial charge in [-0.2, -0.15) is 5.11 Å². The number of amides is 1. The Morgan fingerprint density at radius 1 is 0.767 bits per heavy atom. The quantitative estimate of drug-likeness (QED) is 0.497. The summed E-state index contributed by atoms with van der Waals surface area (Å²) in [4.78, 5) is 25.3. The highest BCUT2D eigenvalue weighted by Gasteiger charge is 2.33. The van der Waals surface area contributed by atoms with Crippen molar-refractivity contribution in [2.45, 2.75) is 67.7 Å². The fourth-order valence-electron chi connectivity index (χ4n) is 3.16. The molecular weight excluding hydrogens is 372 g/mol. The molecule has 0 fully saturated rings. The Kier molecular flexibility index (Phi) is 6.51. The van der Waals surface area contributed by atoms with Crippen LogP contribution in [0.1, 0.15) is 78.2 Å². The average molecular weight is 407 g/mol. The van der Waals surface area contributed by atoms with Crippen LogP contribution in [0, 0.1) is 10.8 Å². The van der Waals surface area contributed by atoms with Crippen LogP contribution in [-0.4, -0.2) is 11.7 Å². The molecule has 0 spiro atoms. The van der Waals surface area contributed by atoms with Crippen LogP contribution in [0.4, 0.5) is 0 Å². The molecule has 2 rings (SSSR count). The number of carbonyl (C=O) groups excluding carboxylic acids is 2. The van der Waals surface area contributed by atoms with E-state index in [4.69, 9.17) is 0 Å². The molecule has 0 radical (unpaired) electrons. The molecule has 4 heteroatoms. The molecule has 0 unspecified atom stereocenters. The molecule has 1 aromatic rings. The van der Waals surface area contributed by atoms with Gasteiger partial charge in [-0.05, 0) is 51.7 Å². The van der Waals surface area contributed by atoms with Gasteiger partial charge < -0.3 is 0 Å². The lowest BCUT2D eigenvalue weighted by Crippen LogP contribution is -2.27. The van der Waals surface area contributed by atoms with Crippen LogP contribution in [-0.2, 0) is 10.2 Å². The second-order valence-corrected chi connectivity index (χ2v) is 10.9. The minimum absolute atomic E-state index is 0.0279. The summed E-state index contributed by atoms with van der Waals surface area (Å²) in [6.45, 7) is 18.5. The summed E-state index contributed by atoms with van der Waals surface area (Å²) in [5, 5.41) is 7.85. The second kappa shape index (κ2) is 8.25. The minimum atomic E-state index is -0.390. The number of carbonyl (C=O) groups is 2.